The van der Waals surface area contributed by atoms with Crippen LogP contribution in [0.1, 0.15) is 35.1 Å². The van der Waals surface area contributed by atoms with Crippen LogP contribution in [0.3, 0.4) is 0 Å². The number of nitrogens with zero attached hydrogens (tertiary/aromatic N) is 1. The molecule has 1 amide bonds. The van der Waals surface area contributed by atoms with Crippen LogP contribution < -0.4 is 0 Å². The van der Waals surface area contributed by atoms with Gasteiger partial charge in [0, 0.05) is 37.6 Å². The van der Waals surface area contributed by atoms with Crippen LogP contribution in [0.15, 0.2) is 53.1 Å². The van der Waals surface area contributed by atoms with Crippen LogP contribution >= 0.6 is 0 Å². The van der Waals surface area contributed by atoms with Gasteiger partial charge in [0.05, 0.1) is 24.9 Å². The first-order valence-electron chi connectivity index (χ1n) is 12.0. The van der Waals surface area contributed by atoms with Gasteiger partial charge in [-0.05, 0) is 56.4 Å². The third-order valence-corrected chi connectivity index (χ3v) is 7.25. The molecule has 33 heavy (non-hydrogen) atoms. The molecule has 2 aromatic carbocycles. The van der Waals surface area contributed by atoms with Gasteiger partial charge in [0.25, 0.3) is 0 Å². The molecule has 0 saturated carbocycles. The number of carbonyl (C=O) groups is 1. The Morgan fingerprint density at radius 2 is 1.82 bits per heavy atom. The van der Waals surface area contributed by atoms with E-state index in [-0.39, 0.29) is 11.8 Å². The van der Waals surface area contributed by atoms with Gasteiger partial charge in [-0.3, -0.25) is 4.79 Å². The van der Waals surface area contributed by atoms with Crippen molar-refractivity contribution in [3.05, 3.63) is 71.0 Å². The molecule has 2 fully saturated rings. The maximum atomic E-state index is 14.2. The van der Waals surface area contributed by atoms with E-state index in [0.29, 0.717) is 39.5 Å². The molecule has 174 valence electrons. The highest BCUT2D eigenvalue weighted by Gasteiger charge is 2.44. The molecule has 3 aromatic rings. The zero-order chi connectivity index (χ0) is 22.8. The van der Waals surface area contributed by atoms with Crippen molar-refractivity contribution in [3.8, 4) is 0 Å². The molecule has 0 unspecified atom stereocenters. The topological polar surface area (TPSA) is 51.9 Å². The Morgan fingerprint density at radius 3 is 2.61 bits per heavy atom. The second-order valence-corrected chi connectivity index (χ2v) is 9.72. The maximum Gasteiger partial charge on any atom is 0.233 e. The first-order valence-corrected chi connectivity index (χ1v) is 12.0. The third kappa shape index (κ3) is 4.44. The lowest BCUT2D eigenvalue weighted by atomic mass is 9.72. The monoisotopic (exact) mass is 447 g/mol. The Bertz CT molecular complexity index is 1110. The molecule has 0 radical (unpaired) electrons. The van der Waals surface area contributed by atoms with Gasteiger partial charge >= 0.3 is 0 Å². The number of amides is 1. The minimum absolute atomic E-state index is 0.229. The summed E-state index contributed by atoms with van der Waals surface area (Å²) in [5.41, 5.74) is 5.18. The number of benzene rings is 2. The van der Waals surface area contributed by atoms with E-state index in [1.165, 1.54) is 16.7 Å². The van der Waals surface area contributed by atoms with Gasteiger partial charge in [0.1, 0.15) is 5.58 Å². The number of rotatable bonds is 4. The lowest BCUT2D eigenvalue weighted by Gasteiger charge is -2.40. The number of ether oxygens (including phenoxy) is 2. The number of fused-ring (bicyclic) bond motifs is 1. The lowest BCUT2D eigenvalue weighted by molar-refractivity contribution is -0.141. The second kappa shape index (κ2) is 9.32. The highest BCUT2D eigenvalue weighted by molar-refractivity contribution is 5.88. The summed E-state index contributed by atoms with van der Waals surface area (Å²) in [7, 11) is 0. The molecule has 2 saturated heterocycles. The van der Waals surface area contributed by atoms with Crippen molar-refractivity contribution in [1.82, 2.24) is 4.90 Å². The van der Waals surface area contributed by atoms with E-state index in [4.69, 9.17) is 13.9 Å². The molecule has 0 spiro atoms. The first kappa shape index (κ1) is 22.2. The van der Waals surface area contributed by atoms with Gasteiger partial charge < -0.3 is 18.8 Å². The van der Waals surface area contributed by atoms with Crippen LogP contribution in [0.2, 0.25) is 0 Å². The van der Waals surface area contributed by atoms with E-state index in [0.717, 1.165) is 35.8 Å². The molecule has 5 rings (SSSR count). The van der Waals surface area contributed by atoms with Crippen molar-refractivity contribution in [2.45, 2.75) is 38.5 Å². The van der Waals surface area contributed by atoms with Crippen LogP contribution in [0.4, 0.5) is 0 Å². The number of aryl methyl sites for hydroxylation is 2. The zero-order valence-electron chi connectivity index (χ0n) is 19.6. The van der Waals surface area contributed by atoms with Crippen molar-refractivity contribution in [3.63, 3.8) is 0 Å². The SMILES string of the molecule is Cc1cc(C)cc(C2(C(=O)N3CCOC[C@@H](Cc4cccc5occc45)C3)CCOCC2)c1. The standard InChI is InChI=1S/C28H33NO4/c1-20-14-21(2)16-24(15-20)28(7-11-31-12-8-28)27(30)29-9-13-32-19-22(18-29)17-23-4-3-5-26-25(23)6-10-33-26/h3-6,10,14-16,22H,7-9,11-13,17-19H2,1-2H3/t22-/m0/s1. The molecule has 1 atom stereocenters. The summed E-state index contributed by atoms with van der Waals surface area (Å²) in [5.74, 6) is 0.473. The fourth-order valence-corrected chi connectivity index (χ4v) is 5.63. The van der Waals surface area contributed by atoms with Crippen molar-refractivity contribution in [2.24, 2.45) is 5.92 Å². The van der Waals surface area contributed by atoms with Gasteiger partial charge in [0.2, 0.25) is 5.91 Å². The minimum Gasteiger partial charge on any atom is -0.464 e. The summed E-state index contributed by atoms with van der Waals surface area (Å²) in [6.07, 6.45) is 4.06. The minimum atomic E-state index is -0.519. The maximum absolute atomic E-state index is 14.2. The summed E-state index contributed by atoms with van der Waals surface area (Å²) < 4.78 is 17.3. The van der Waals surface area contributed by atoms with Crippen LogP contribution in [0.5, 0.6) is 0 Å². The fourth-order valence-electron chi connectivity index (χ4n) is 5.63. The van der Waals surface area contributed by atoms with Gasteiger partial charge in [-0.2, -0.15) is 0 Å². The Labute approximate surface area is 195 Å². The van der Waals surface area contributed by atoms with E-state index in [1.54, 1.807) is 6.26 Å². The van der Waals surface area contributed by atoms with E-state index in [1.807, 2.05) is 18.2 Å². The smallest absolute Gasteiger partial charge is 0.233 e. The molecule has 5 heteroatoms. The fraction of sp³-hybridized carbons (Fsp3) is 0.464. The third-order valence-electron chi connectivity index (χ3n) is 7.25. The second-order valence-electron chi connectivity index (χ2n) is 9.72. The summed E-state index contributed by atoms with van der Waals surface area (Å²) in [6.45, 7) is 8.05. The molecule has 3 heterocycles. The Hall–Kier alpha value is -2.63. The van der Waals surface area contributed by atoms with Crippen LogP contribution in [-0.4, -0.2) is 50.3 Å². The van der Waals surface area contributed by atoms with Crippen LogP contribution in [0, 0.1) is 19.8 Å². The summed E-state index contributed by atoms with van der Waals surface area (Å²) in [4.78, 5) is 16.3. The highest BCUT2D eigenvalue weighted by Crippen LogP contribution is 2.38. The molecule has 1 aromatic heterocycles. The molecule has 5 nitrogen and oxygen atoms in total. The Kier molecular flexibility index (Phi) is 6.26. The highest BCUT2D eigenvalue weighted by atomic mass is 16.5. The van der Waals surface area contributed by atoms with Crippen molar-refractivity contribution in [1.29, 1.82) is 0 Å². The van der Waals surface area contributed by atoms with Crippen molar-refractivity contribution < 1.29 is 18.7 Å². The van der Waals surface area contributed by atoms with Gasteiger partial charge in [-0.15, -0.1) is 0 Å². The van der Waals surface area contributed by atoms with E-state index in [2.05, 4.69) is 43.0 Å². The molecular weight excluding hydrogens is 414 g/mol. The zero-order valence-corrected chi connectivity index (χ0v) is 19.6. The Morgan fingerprint density at radius 1 is 1.03 bits per heavy atom. The average Bonchev–Trinajstić information content (AvgIpc) is 3.18. The average molecular weight is 448 g/mol. The van der Waals surface area contributed by atoms with Gasteiger partial charge in [0.15, 0.2) is 0 Å². The molecule has 0 aliphatic carbocycles. The molecule has 2 aliphatic heterocycles. The number of furan rings is 1. The van der Waals surface area contributed by atoms with Crippen molar-refractivity contribution >= 4 is 16.9 Å². The number of hydrogen-bond acceptors (Lipinski definition) is 4. The van der Waals surface area contributed by atoms with E-state index >= 15 is 0 Å². The van der Waals surface area contributed by atoms with Gasteiger partial charge in [-0.1, -0.05) is 41.5 Å². The van der Waals surface area contributed by atoms with E-state index < -0.39 is 5.41 Å². The van der Waals surface area contributed by atoms with Crippen molar-refractivity contribution in [2.75, 3.05) is 39.5 Å². The largest absolute Gasteiger partial charge is 0.464 e. The predicted molar refractivity (Wildman–Crippen MR) is 128 cm³/mol. The number of hydrogen-bond donors (Lipinski definition) is 0. The van der Waals surface area contributed by atoms with Crippen LogP contribution in [0.25, 0.3) is 11.0 Å². The lowest BCUT2D eigenvalue weighted by Crippen LogP contribution is -2.51. The normalized spacial score (nSPS) is 21.2. The molecule has 0 N–H and O–H groups in total. The van der Waals surface area contributed by atoms with Gasteiger partial charge in [-0.25, -0.2) is 0 Å². The quantitative estimate of drug-likeness (QED) is 0.576. The molecule has 2 aliphatic rings. The Balaban J connectivity index is 1.42. The molecular formula is C28H33NO4. The van der Waals surface area contributed by atoms with E-state index in [9.17, 15) is 4.79 Å². The first-order chi connectivity index (χ1) is 16.0. The summed E-state index contributed by atoms with van der Waals surface area (Å²) in [5, 5.41) is 1.15. The summed E-state index contributed by atoms with van der Waals surface area (Å²) in [6, 6.07) is 14.8. The molecule has 0 bridgehead atoms. The summed E-state index contributed by atoms with van der Waals surface area (Å²) >= 11 is 0. The predicted octanol–water partition coefficient (Wildman–Crippen LogP) is 4.82. The number of carbonyl (C=O) groups excluding carboxylic acids is 1. The van der Waals surface area contributed by atoms with Crippen LogP contribution in [-0.2, 0) is 26.1 Å².